The second-order valence-corrected chi connectivity index (χ2v) is 2.84. The first kappa shape index (κ1) is 6.52. The SMILES string of the molecule is O=C=NC1CSC(=O)C1. The Morgan fingerprint density at radius 3 is 3.00 bits per heavy atom. The second kappa shape index (κ2) is 2.80. The van der Waals surface area contributed by atoms with Gasteiger partial charge in [-0.05, 0) is 0 Å². The molecule has 0 bridgehead atoms. The van der Waals surface area contributed by atoms with Crippen LogP contribution >= 0.6 is 11.8 Å². The van der Waals surface area contributed by atoms with E-state index in [1.54, 1.807) is 0 Å². The van der Waals surface area contributed by atoms with Crippen LogP contribution in [0.15, 0.2) is 4.99 Å². The molecule has 0 amide bonds. The Labute approximate surface area is 56.5 Å². The van der Waals surface area contributed by atoms with Crippen molar-refractivity contribution < 1.29 is 9.59 Å². The third-order valence-corrected chi connectivity index (χ3v) is 2.11. The minimum absolute atomic E-state index is 0.0972. The van der Waals surface area contributed by atoms with E-state index in [4.69, 9.17) is 0 Å². The van der Waals surface area contributed by atoms with E-state index in [9.17, 15) is 9.59 Å². The van der Waals surface area contributed by atoms with Crippen LogP contribution in [0.2, 0.25) is 0 Å². The van der Waals surface area contributed by atoms with Crippen molar-refractivity contribution in [3.8, 4) is 0 Å². The molecule has 0 aromatic heterocycles. The van der Waals surface area contributed by atoms with Crippen molar-refractivity contribution in [2.75, 3.05) is 5.75 Å². The molecule has 48 valence electrons. The summed E-state index contributed by atoms with van der Waals surface area (Å²) in [6.45, 7) is 0. The van der Waals surface area contributed by atoms with Crippen LogP contribution in [-0.4, -0.2) is 23.0 Å². The van der Waals surface area contributed by atoms with E-state index in [2.05, 4.69) is 4.99 Å². The van der Waals surface area contributed by atoms with Crippen LogP contribution in [0.3, 0.4) is 0 Å². The molecule has 3 nitrogen and oxygen atoms in total. The zero-order chi connectivity index (χ0) is 6.69. The molecule has 0 aliphatic carbocycles. The summed E-state index contributed by atoms with van der Waals surface area (Å²) >= 11 is 1.23. The fourth-order valence-electron chi connectivity index (χ4n) is 0.657. The molecular weight excluding hydrogens is 138 g/mol. The average molecular weight is 143 g/mol. The van der Waals surface area contributed by atoms with Crippen LogP contribution in [-0.2, 0) is 9.59 Å². The Bertz CT molecular complexity index is 174. The van der Waals surface area contributed by atoms with E-state index < -0.39 is 0 Å². The van der Waals surface area contributed by atoms with Gasteiger partial charge in [-0.2, -0.15) is 0 Å². The van der Waals surface area contributed by atoms with E-state index in [0.717, 1.165) is 0 Å². The Kier molecular flexibility index (Phi) is 2.03. The van der Waals surface area contributed by atoms with E-state index in [1.807, 2.05) is 0 Å². The summed E-state index contributed by atoms with van der Waals surface area (Å²) in [4.78, 5) is 23.6. The van der Waals surface area contributed by atoms with Crippen molar-refractivity contribution >= 4 is 23.0 Å². The quantitative estimate of drug-likeness (QED) is 0.393. The van der Waals surface area contributed by atoms with E-state index in [0.29, 0.717) is 12.2 Å². The summed E-state index contributed by atoms with van der Waals surface area (Å²) in [6, 6.07) is -0.0972. The van der Waals surface area contributed by atoms with Crippen molar-refractivity contribution in [3.05, 3.63) is 0 Å². The summed E-state index contributed by atoms with van der Waals surface area (Å²) in [7, 11) is 0. The molecule has 1 rings (SSSR count). The highest BCUT2D eigenvalue weighted by Gasteiger charge is 2.21. The molecule has 0 aromatic carbocycles. The fourth-order valence-corrected chi connectivity index (χ4v) is 1.54. The minimum Gasteiger partial charge on any atom is -0.287 e. The van der Waals surface area contributed by atoms with Crippen molar-refractivity contribution in [1.82, 2.24) is 0 Å². The Morgan fingerprint density at radius 1 is 1.78 bits per heavy atom. The Balaban J connectivity index is 2.48. The molecule has 1 unspecified atom stereocenters. The van der Waals surface area contributed by atoms with Crippen LogP contribution in [0.1, 0.15) is 6.42 Å². The lowest BCUT2D eigenvalue weighted by Gasteiger charge is -1.90. The molecule has 0 saturated carbocycles. The van der Waals surface area contributed by atoms with Crippen LogP contribution in [0.5, 0.6) is 0 Å². The van der Waals surface area contributed by atoms with Crippen LogP contribution in [0, 0.1) is 0 Å². The maximum absolute atomic E-state index is 10.5. The van der Waals surface area contributed by atoms with Crippen molar-refractivity contribution in [2.24, 2.45) is 4.99 Å². The van der Waals surface area contributed by atoms with Gasteiger partial charge in [-0.15, -0.1) is 0 Å². The zero-order valence-corrected chi connectivity index (χ0v) is 5.48. The molecule has 1 aliphatic heterocycles. The molecule has 9 heavy (non-hydrogen) atoms. The molecule has 0 aromatic rings. The number of thioether (sulfide) groups is 1. The van der Waals surface area contributed by atoms with Gasteiger partial charge < -0.3 is 0 Å². The van der Waals surface area contributed by atoms with Gasteiger partial charge in [-0.3, -0.25) is 4.79 Å². The number of carbonyl (C=O) groups excluding carboxylic acids is 2. The molecule has 1 aliphatic rings. The van der Waals surface area contributed by atoms with E-state index in [-0.39, 0.29) is 11.2 Å². The maximum atomic E-state index is 10.5. The summed E-state index contributed by atoms with van der Waals surface area (Å²) < 4.78 is 0. The van der Waals surface area contributed by atoms with Gasteiger partial charge in [0.15, 0.2) is 5.12 Å². The summed E-state index contributed by atoms with van der Waals surface area (Å²) in [6.07, 6.45) is 1.84. The average Bonchev–Trinajstić information content (AvgIpc) is 2.17. The van der Waals surface area contributed by atoms with Crippen LogP contribution in [0.25, 0.3) is 0 Å². The monoisotopic (exact) mass is 143 g/mol. The number of hydrogen-bond acceptors (Lipinski definition) is 4. The number of aliphatic imine (C=N–C) groups is 1. The highest BCUT2D eigenvalue weighted by molar-refractivity contribution is 8.14. The predicted octanol–water partition coefficient (Wildman–Crippen LogP) is 0.354. The molecule has 1 atom stereocenters. The normalized spacial score (nSPS) is 25.8. The number of isocyanates is 1. The highest BCUT2D eigenvalue weighted by Crippen LogP contribution is 2.21. The third kappa shape index (κ3) is 1.66. The molecule has 0 spiro atoms. The fraction of sp³-hybridized carbons (Fsp3) is 0.600. The maximum Gasteiger partial charge on any atom is 0.235 e. The summed E-state index contributed by atoms with van der Waals surface area (Å²) in [5, 5.41) is 0.124. The molecule has 1 fully saturated rings. The number of carbonyl (C=O) groups is 1. The lowest BCUT2D eigenvalue weighted by atomic mass is 10.3. The van der Waals surface area contributed by atoms with Gasteiger partial charge in [-0.25, -0.2) is 9.79 Å². The summed E-state index contributed by atoms with van der Waals surface area (Å²) in [5.41, 5.74) is 0. The van der Waals surface area contributed by atoms with Gasteiger partial charge in [0.05, 0.1) is 6.04 Å². The molecule has 0 N–H and O–H groups in total. The second-order valence-electron chi connectivity index (χ2n) is 1.76. The first-order valence-corrected chi connectivity index (χ1v) is 3.54. The predicted molar refractivity (Wildman–Crippen MR) is 34.0 cm³/mol. The molecule has 1 saturated heterocycles. The molecule has 1 heterocycles. The van der Waals surface area contributed by atoms with E-state index in [1.165, 1.54) is 17.8 Å². The smallest absolute Gasteiger partial charge is 0.235 e. The molecular formula is C5H5NO2S. The van der Waals surface area contributed by atoms with Gasteiger partial charge in [0.2, 0.25) is 6.08 Å². The van der Waals surface area contributed by atoms with Crippen LogP contribution in [0.4, 0.5) is 0 Å². The highest BCUT2D eigenvalue weighted by atomic mass is 32.2. The van der Waals surface area contributed by atoms with Gasteiger partial charge >= 0.3 is 0 Å². The first-order chi connectivity index (χ1) is 4.33. The van der Waals surface area contributed by atoms with Gasteiger partial charge in [0.1, 0.15) is 0 Å². The summed E-state index contributed by atoms with van der Waals surface area (Å²) in [5.74, 6) is 0.647. The lowest BCUT2D eigenvalue weighted by Crippen LogP contribution is -2.00. The Hall–Kier alpha value is -0.600. The standard InChI is InChI=1S/C5H5NO2S/c7-3-6-4-1-5(8)9-2-4/h4H,1-2H2. The Morgan fingerprint density at radius 2 is 2.56 bits per heavy atom. The topological polar surface area (TPSA) is 46.5 Å². The van der Waals surface area contributed by atoms with Gasteiger partial charge in [-0.1, -0.05) is 11.8 Å². The lowest BCUT2D eigenvalue weighted by molar-refractivity contribution is -0.110. The number of rotatable bonds is 1. The van der Waals surface area contributed by atoms with Crippen LogP contribution < -0.4 is 0 Å². The van der Waals surface area contributed by atoms with Crippen molar-refractivity contribution in [2.45, 2.75) is 12.5 Å². The number of hydrogen-bond donors (Lipinski definition) is 0. The third-order valence-electron chi connectivity index (χ3n) is 1.07. The zero-order valence-electron chi connectivity index (χ0n) is 4.66. The van der Waals surface area contributed by atoms with E-state index >= 15 is 0 Å². The number of nitrogens with zero attached hydrogens (tertiary/aromatic N) is 1. The minimum atomic E-state index is -0.0972. The van der Waals surface area contributed by atoms with Gasteiger partial charge in [0, 0.05) is 12.2 Å². The molecule has 0 radical (unpaired) electrons. The largest absolute Gasteiger partial charge is 0.287 e. The van der Waals surface area contributed by atoms with Crippen molar-refractivity contribution in [3.63, 3.8) is 0 Å². The first-order valence-electron chi connectivity index (χ1n) is 2.55. The van der Waals surface area contributed by atoms with Crippen molar-refractivity contribution in [1.29, 1.82) is 0 Å². The molecule has 4 heteroatoms. The van der Waals surface area contributed by atoms with Gasteiger partial charge in [0.25, 0.3) is 0 Å².